The first-order chi connectivity index (χ1) is 7.45. The molecule has 0 saturated carbocycles. The number of carboxylic acids is 1. The minimum atomic E-state index is -2.69. The second-order valence-electron chi connectivity index (χ2n) is 2.96. The lowest BCUT2D eigenvalue weighted by atomic mass is 10.1. The maximum atomic E-state index is 12.5. The van der Waals surface area contributed by atoms with Gasteiger partial charge in [0, 0.05) is 8.90 Å². The molecule has 0 fully saturated rings. The highest BCUT2D eigenvalue weighted by molar-refractivity contribution is 14.1. The molecule has 0 aliphatic rings. The molecule has 1 aromatic rings. The Balaban J connectivity index is 3.24. The fraction of sp³-hybridized carbons (Fsp3) is 0.333. The van der Waals surface area contributed by atoms with Crippen LogP contribution in [0.4, 0.5) is 8.78 Å². The van der Waals surface area contributed by atoms with Crippen LogP contribution in [0.15, 0.2) is 6.07 Å². The minimum Gasteiger partial charge on any atom is -0.481 e. The molecule has 0 aliphatic heterocycles. The van der Waals surface area contributed by atoms with Crippen molar-refractivity contribution in [2.45, 2.75) is 18.2 Å². The van der Waals surface area contributed by atoms with E-state index >= 15 is 0 Å². The van der Waals surface area contributed by atoms with Crippen LogP contribution in [0.5, 0.6) is 0 Å². The van der Waals surface area contributed by atoms with Crippen molar-refractivity contribution in [3.8, 4) is 0 Å². The molecule has 0 amide bonds. The van der Waals surface area contributed by atoms with Gasteiger partial charge in [0.05, 0.1) is 12.1 Å². The average Bonchev–Trinajstić information content (AvgIpc) is 2.16. The Bertz CT molecular complexity index is 415. The van der Waals surface area contributed by atoms with E-state index in [1.165, 1.54) is 6.07 Å². The highest BCUT2D eigenvalue weighted by Crippen LogP contribution is 2.25. The fourth-order valence-electron chi connectivity index (χ4n) is 1.15. The molecule has 0 unspecified atom stereocenters. The largest absolute Gasteiger partial charge is 0.481 e. The Labute approximate surface area is 113 Å². The third kappa shape index (κ3) is 3.34. The molecule has 0 aliphatic carbocycles. The van der Waals surface area contributed by atoms with E-state index in [4.69, 9.17) is 5.11 Å². The van der Waals surface area contributed by atoms with Crippen molar-refractivity contribution in [3.63, 3.8) is 0 Å². The molecule has 0 atom stereocenters. The maximum absolute atomic E-state index is 12.5. The molecule has 1 N–H and O–H groups in total. The Morgan fingerprint density at radius 3 is 2.69 bits per heavy atom. The van der Waals surface area contributed by atoms with Crippen molar-refractivity contribution < 1.29 is 18.7 Å². The lowest BCUT2D eigenvalue weighted by Gasteiger charge is -2.09. The van der Waals surface area contributed by atoms with Gasteiger partial charge in [0.15, 0.2) is 0 Å². The Morgan fingerprint density at radius 2 is 2.25 bits per heavy atom. The Kier molecular flexibility index (Phi) is 5.03. The molecular formula is C9H7BrF2INO2. The lowest BCUT2D eigenvalue weighted by molar-refractivity contribution is -0.136. The van der Waals surface area contributed by atoms with Crippen LogP contribution in [-0.4, -0.2) is 16.1 Å². The summed E-state index contributed by atoms with van der Waals surface area (Å²) < 4.78 is 25.5. The lowest BCUT2D eigenvalue weighted by Crippen LogP contribution is -2.09. The average molecular weight is 406 g/mol. The summed E-state index contributed by atoms with van der Waals surface area (Å²) in [5.74, 6) is -1.09. The summed E-state index contributed by atoms with van der Waals surface area (Å²) in [6.07, 6.45) is -3.04. The van der Waals surface area contributed by atoms with Crippen LogP contribution in [0.25, 0.3) is 0 Å². The number of aliphatic carboxylic acids is 1. The van der Waals surface area contributed by atoms with Gasteiger partial charge in [-0.05, 0) is 34.2 Å². The summed E-state index contributed by atoms with van der Waals surface area (Å²) in [7, 11) is 0. The van der Waals surface area contributed by atoms with E-state index in [9.17, 15) is 13.6 Å². The monoisotopic (exact) mass is 405 g/mol. The van der Waals surface area contributed by atoms with Crippen molar-refractivity contribution in [1.29, 1.82) is 0 Å². The van der Waals surface area contributed by atoms with Crippen LogP contribution in [0.3, 0.4) is 0 Å². The summed E-state index contributed by atoms with van der Waals surface area (Å²) in [5, 5.41) is 9.06. The number of nitrogens with zero attached hydrogens (tertiary/aromatic N) is 1. The third-order valence-corrected chi connectivity index (χ3v) is 3.37. The summed E-state index contributed by atoms with van der Waals surface area (Å²) in [6.45, 7) is 0. The molecule has 7 heteroatoms. The molecule has 1 rings (SSSR count). The van der Waals surface area contributed by atoms with E-state index in [0.717, 1.165) is 0 Å². The molecule has 1 aromatic heterocycles. The summed E-state index contributed by atoms with van der Waals surface area (Å²) >= 11 is 5.08. The van der Waals surface area contributed by atoms with Crippen molar-refractivity contribution in [1.82, 2.24) is 4.98 Å². The van der Waals surface area contributed by atoms with Crippen LogP contribution in [0.2, 0.25) is 0 Å². The molecule has 0 spiro atoms. The number of alkyl halides is 3. The van der Waals surface area contributed by atoms with Gasteiger partial charge in [-0.1, -0.05) is 15.9 Å². The van der Waals surface area contributed by atoms with E-state index in [0.29, 0.717) is 14.5 Å². The minimum absolute atomic E-state index is 0.187. The molecule has 3 nitrogen and oxygen atoms in total. The summed E-state index contributed by atoms with van der Waals surface area (Å²) in [6, 6.07) is 1.27. The van der Waals surface area contributed by atoms with Gasteiger partial charge in [0.1, 0.15) is 5.69 Å². The number of carbonyl (C=O) groups is 1. The zero-order valence-electron chi connectivity index (χ0n) is 7.88. The standard InChI is InChI=1S/C9H7BrF2INO2/c10-3-4-5(13)1-7(9(11)12)14-6(4)2-8(15)16/h1,9H,2-3H2,(H,15,16). The van der Waals surface area contributed by atoms with Gasteiger partial charge in [-0.25, -0.2) is 8.78 Å². The first kappa shape index (κ1) is 13.8. The SMILES string of the molecule is O=C(O)Cc1nc(C(F)F)cc(I)c1CBr. The van der Waals surface area contributed by atoms with E-state index in [1.807, 2.05) is 22.6 Å². The van der Waals surface area contributed by atoms with Crippen LogP contribution in [0.1, 0.15) is 23.4 Å². The van der Waals surface area contributed by atoms with Gasteiger partial charge in [-0.3, -0.25) is 9.78 Å². The first-order valence-corrected chi connectivity index (χ1v) is 6.39. The van der Waals surface area contributed by atoms with Gasteiger partial charge in [-0.15, -0.1) is 0 Å². The molecule has 88 valence electrons. The molecule has 0 bridgehead atoms. The molecular weight excluding hydrogens is 399 g/mol. The van der Waals surface area contributed by atoms with Crippen molar-refractivity contribution in [2.24, 2.45) is 0 Å². The second kappa shape index (κ2) is 5.85. The fourth-order valence-corrected chi connectivity index (χ4v) is 3.12. The predicted molar refractivity (Wildman–Crippen MR) is 65.9 cm³/mol. The molecule has 0 aromatic carbocycles. The van der Waals surface area contributed by atoms with Crippen LogP contribution >= 0.6 is 38.5 Å². The Hall–Kier alpha value is -0.310. The van der Waals surface area contributed by atoms with E-state index < -0.39 is 12.4 Å². The predicted octanol–water partition coefficient (Wildman–Crippen LogP) is 3.15. The van der Waals surface area contributed by atoms with Gasteiger partial charge < -0.3 is 5.11 Å². The second-order valence-corrected chi connectivity index (χ2v) is 4.68. The number of aromatic nitrogens is 1. The topological polar surface area (TPSA) is 50.2 Å². The third-order valence-electron chi connectivity index (χ3n) is 1.85. The van der Waals surface area contributed by atoms with E-state index in [2.05, 4.69) is 20.9 Å². The maximum Gasteiger partial charge on any atom is 0.309 e. The van der Waals surface area contributed by atoms with Crippen molar-refractivity contribution in [3.05, 3.63) is 26.6 Å². The number of hydrogen-bond acceptors (Lipinski definition) is 2. The zero-order valence-corrected chi connectivity index (χ0v) is 11.6. The molecule has 16 heavy (non-hydrogen) atoms. The van der Waals surface area contributed by atoms with Crippen LogP contribution in [-0.2, 0) is 16.5 Å². The zero-order chi connectivity index (χ0) is 12.3. The van der Waals surface area contributed by atoms with Gasteiger partial charge >= 0.3 is 5.97 Å². The van der Waals surface area contributed by atoms with Crippen LogP contribution < -0.4 is 0 Å². The van der Waals surface area contributed by atoms with Gasteiger partial charge in [0.25, 0.3) is 6.43 Å². The van der Waals surface area contributed by atoms with Crippen molar-refractivity contribution >= 4 is 44.5 Å². The normalized spacial score (nSPS) is 10.8. The number of carboxylic acid groups (broad SMARTS) is 1. The highest BCUT2D eigenvalue weighted by Gasteiger charge is 2.17. The number of hydrogen-bond donors (Lipinski definition) is 1. The number of halogens is 4. The first-order valence-electron chi connectivity index (χ1n) is 4.19. The number of pyridine rings is 1. The Morgan fingerprint density at radius 1 is 1.62 bits per heavy atom. The molecule has 0 saturated heterocycles. The number of rotatable bonds is 4. The highest BCUT2D eigenvalue weighted by atomic mass is 127. The molecule has 0 radical (unpaired) electrons. The molecule has 1 heterocycles. The summed E-state index contributed by atoms with van der Waals surface area (Å²) in [4.78, 5) is 14.3. The van der Waals surface area contributed by atoms with E-state index in [1.54, 1.807) is 0 Å². The van der Waals surface area contributed by atoms with Gasteiger partial charge in [-0.2, -0.15) is 0 Å². The van der Waals surface area contributed by atoms with Crippen molar-refractivity contribution in [2.75, 3.05) is 0 Å². The van der Waals surface area contributed by atoms with E-state index in [-0.39, 0.29) is 17.8 Å². The summed E-state index contributed by atoms with van der Waals surface area (Å²) in [5.41, 5.74) is 0.448. The van der Waals surface area contributed by atoms with Crippen LogP contribution in [0, 0.1) is 3.57 Å². The van der Waals surface area contributed by atoms with Gasteiger partial charge in [0.2, 0.25) is 0 Å². The quantitative estimate of drug-likeness (QED) is 0.618. The smallest absolute Gasteiger partial charge is 0.309 e.